The van der Waals surface area contributed by atoms with Crippen LogP contribution in [0.3, 0.4) is 0 Å². The van der Waals surface area contributed by atoms with Gasteiger partial charge in [0, 0.05) is 19.5 Å². The molecule has 0 spiro atoms. The maximum Gasteiger partial charge on any atom is 0.326 e. The first-order chi connectivity index (χ1) is 12.8. The van der Waals surface area contributed by atoms with Crippen LogP contribution in [0.2, 0.25) is 0 Å². The number of carbonyl (C=O) groups is 4. The van der Waals surface area contributed by atoms with Crippen molar-refractivity contribution in [3.8, 4) is 0 Å². The summed E-state index contributed by atoms with van der Waals surface area (Å²) in [5, 5.41) is 28.7. The molecule has 11 nitrogen and oxygen atoms in total. The molecule has 0 bridgehead atoms. The van der Waals surface area contributed by atoms with Crippen molar-refractivity contribution in [3.05, 3.63) is 0 Å². The number of nitrogens with one attached hydrogen (secondary N) is 4. The van der Waals surface area contributed by atoms with Gasteiger partial charge in [0.25, 0.3) is 0 Å². The summed E-state index contributed by atoms with van der Waals surface area (Å²) < 4.78 is 0. The van der Waals surface area contributed by atoms with Crippen molar-refractivity contribution in [1.29, 1.82) is 0 Å². The Balaban J connectivity index is 4.53. The zero-order chi connectivity index (χ0) is 20.8. The average Bonchev–Trinajstić information content (AvgIpc) is 2.61. The molecule has 8 N–H and O–H groups in total. The van der Waals surface area contributed by atoms with E-state index in [0.717, 1.165) is 0 Å². The molecule has 0 aromatic rings. The van der Waals surface area contributed by atoms with Gasteiger partial charge in [-0.3, -0.25) is 14.4 Å². The van der Waals surface area contributed by atoms with Gasteiger partial charge in [-0.15, -0.1) is 0 Å². The van der Waals surface area contributed by atoms with Crippen LogP contribution in [0.4, 0.5) is 0 Å². The van der Waals surface area contributed by atoms with Gasteiger partial charge in [0.05, 0.1) is 12.1 Å². The molecule has 0 saturated heterocycles. The van der Waals surface area contributed by atoms with Crippen LogP contribution in [-0.2, 0) is 19.2 Å². The number of aliphatic carboxylic acids is 2. The van der Waals surface area contributed by atoms with E-state index in [-0.39, 0.29) is 38.3 Å². The highest BCUT2D eigenvalue weighted by Crippen LogP contribution is 2.02. The quantitative estimate of drug-likeness (QED) is 0.153. The Morgan fingerprint density at radius 2 is 1.67 bits per heavy atom. The Labute approximate surface area is 158 Å². The molecule has 0 radical (unpaired) electrons. The molecule has 3 atom stereocenters. The van der Waals surface area contributed by atoms with Crippen molar-refractivity contribution in [1.82, 2.24) is 21.3 Å². The van der Waals surface area contributed by atoms with Crippen LogP contribution in [0, 0.1) is 0 Å². The predicted molar refractivity (Wildman–Crippen MR) is 98.0 cm³/mol. The molecule has 0 aliphatic heterocycles. The smallest absolute Gasteiger partial charge is 0.326 e. The minimum Gasteiger partial charge on any atom is -0.481 e. The van der Waals surface area contributed by atoms with Gasteiger partial charge in [0.1, 0.15) is 6.04 Å². The SMILES string of the molecule is CCN[C@@H](CCC(=O)O)C(=O)NC(CCCNC(=O)[C@H](CN)NC)C(=O)O. The highest BCUT2D eigenvalue weighted by molar-refractivity contribution is 5.87. The summed E-state index contributed by atoms with van der Waals surface area (Å²) in [5.41, 5.74) is 5.44. The third-order valence-corrected chi connectivity index (χ3v) is 3.90. The second-order valence-electron chi connectivity index (χ2n) is 5.95. The first-order valence-electron chi connectivity index (χ1n) is 8.90. The first-order valence-corrected chi connectivity index (χ1v) is 8.90. The zero-order valence-corrected chi connectivity index (χ0v) is 15.8. The van der Waals surface area contributed by atoms with Gasteiger partial charge in [-0.05, 0) is 32.9 Å². The minimum atomic E-state index is -1.20. The largest absolute Gasteiger partial charge is 0.481 e. The van der Waals surface area contributed by atoms with Gasteiger partial charge in [-0.25, -0.2) is 4.79 Å². The van der Waals surface area contributed by atoms with Gasteiger partial charge in [0.2, 0.25) is 11.8 Å². The van der Waals surface area contributed by atoms with Crippen molar-refractivity contribution in [2.45, 2.75) is 50.7 Å². The molecule has 0 aromatic carbocycles. The summed E-state index contributed by atoms with van der Waals surface area (Å²) >= 11 is 0. The van der Waals surface area contributed by atoms with E-state index in [4.69, 9.17) is 10.8 Å². The second-order valence-corrected chi connectivity index (χ2v) is 5.95. The van der Waals surface area contributed by atoms with Crippen molar-refractivity contribution in [3.63, 3.8) is 0 Å². The average molecular weight is 389 g/mol. The lowest BCUT2D eigenvalue weighted by Crippen LogP contribution is -2.50. The molecule has 0 aliphatic carbocycles. The van der Waals surface area contributed by atoms with Crippen molar-refractivity contribution < 1.29 is 29.4 Å². The van der Waals surface area contributed by atoms with E-state index in [2.05, 4.69) is 21.3 Å². The van der Waals surface area contributed by atoms with Crippen LogP contribution >= 0.6 is 0 Å². The highest BCUT2D eigenvalue weighted by Gasteiger charge is 2.25. The molecular weight excluding hydrogens is 358 g/mol. The lowest BCUT2D eigenvalue weighted by Gasteiger charge is -2.21. The molecule has 0 fully saturated rings. The Morgan fingerprint density at radius 3 is 2.15 bits per heavy atom. The number of nitrogens with two attached hydrogens (primary N) is 1. The summed E-state index contributed by atoms with van der Waals surface area (Å²) in [6, 6.07) is -2.43. The Kier molecular flexibility index (Phi) is 12.7. The summed E-state index contributed by atoms with van der Waals surface area (Å²) in [4.78, 5) is 46.0. The van der Waals surface area contributed by atoms with Crippen LogP contribution in [-0.4, -0.2) is 78.8 Å². The lowest BCUT2D eigenvalue weighted by atomic mass is 10.1. The van der Waals surface area contributed by atoms with Crippen LogP contribution in [0.25, 0.3) is 0 Å². The second kappa shape index (κ2) is 13.9. The molecule has 0 aliphatic rings. The summed E-state index contributed by atoms with van der Waals surface area (Å²) in [6.07, 6.45) is 0.307. The van der Waals surface area contributed by atoms with Gasteiger partial charge in [-0.2, -0.15) is 0 Å². The van der Waals surface area contributed by atoms with Crippen molar-refractivity contribution in [2.75, 3.05) is 26.7 Å². The molecule has 0 heterocycles. The third-order valence-electron chi connectivity index (χ3n) is 3.90. The molecule has 11 heteroatoms. The maximum atomic E-state index is 12.2. The minimum absolute atomic E-state index is 0.0574. The fourth-order valence-corrected chi connectivity index (χ4v) is 2.37. The Morgan fingerprint density at radius 1 is 1.00 bits per heavy atom. The van der Waals surface area contributed by atoms with Crippen molar-refractivity contribution in [2.24, 2.45) is 5.73 Å². The number of hydrogen-bond acceptors (Lipinski definition) is 7. The molecule has 0 saturated carbocycles. The van der Waals surface area contributed by atoms with E-state index in [1.807, 2.05) is 0 Å². The van der Waals surface area contributed by atoms with E-state index < -0.39 is 36.0 Å². The molecular formula is C16H31N5O6. The topological polar surface area (TPSA) is 183 Å². The van der Waals surface area contributed by atoms with E-state index in [0.29, 0.717) is 13.0 Å². The number of carboxylic acids is 2. The zero-order valence-electron chi connectivity index (χ0n) is 15.8. The highest BCUT2D eigenvalue weighted by atomic mass is 16.4. The van der Waals surface area contributed by atoms with E-state index >= 15 is 0 Å². The molecule has 2 amide bonds. The monoisotopic (exact) mass is 389 g/mol. The van der Waals surface area contributed by atoms with Crippen LogP contribution in [0.1, 0.15) is 32.6 Å². The number of likely N-dealkylation sites (N-methyl/N-ethyl adjacent to an activating group) is 2. The number of carboxylic acid groups (broad SMARTS) is 2. The van der Waals surface area contributed by atoms with Crippen LogP contribution in [0.15, 0.2) is 0 Å². The molecule has 1 unspecified atom stereocenters. The van der Waals surface area contributed by atoms with Gasteiger partial charge in [0.15, 0.2) is 0 Å². The Hall–Kier alpha value is -2.24. The fraction of sp³-hybridized carbons (Fsp3) is 0.750. The normalized spacial score (nSPS) is 14.0. The summed E-state index contributed by atoms with van der Waals surface area (Å²) in [7, 11) is 1.61. The fourth-order valence-electron chi connectivity index (χ4n) is 2.37. The number of amides is 2. The van der Waals surface area contributed by atoms with E-state index in [1.165, 1.54) is 0 Å². The summed E-state index contributed by atoms with van der Waals surface area (Å²) in [5.74, 6) is -3.07. The summed E-state index contributed by atoms with van der Waals surface area (Å²) in [6.45, 7) is 2.58. The van der Waals surface area contributed by atoms with Crippen molar-refractivity contribution >= 4 is 23.8 Å². The van der Waals surface area contributed by atoms with Crippen LogP contribution in [0.5, 0.6) is 0 Å². The molecule has 0 rings (SSSR count). The van der Waals surface area contributed by atoms with Gasteiger partial charge < -0.3 is 37.2 Å². The standard InChI is InChI=1S/C16H31N5O6/c1-3-19-10(6-7-13(22)23)15(25)21-11(16(26)27)5-4-8-20-14(24)12(9-17)18-2/h10-12,18-19H,3-9,17H2,1-2H3,(H,20,24)(H,21,25)(H,22,23)(H,26,27)/t10-,11?,12-/m0/s1. The van der Waals surface area contributed by atoms with Gasteiger partial charge in [-0.1, -0.05) is 6.92 Å². The Bertz CT molecular complexity index is 498. The number of rotatable bonds is 15. The molecule has 0 aromatic heterocycles. The van der Waals surface area contributed by atoms with Crippen LogP contribution < -0.4 is 27.0 Å². The third kappa shape index (κ3) is 10.5. The number of carbonyl (C=O) groups excluding carboxylic acids is 2. The van der Waals surface area contributed by atoms with E-state index in [9.17, 15) is 24.3 Å². The molecule has 156 valence electrons. The lowest BCUT2D eigenvalue weighted by molar-refractivity contribution is -0.142. The number of hydrogen-bond donors (Lipinski definition) is 7. The molecule has 27 heavy (non-hydrogen) atoms. The van der Waals surface area contributed by atoms with E-state index in [1.54, 1.807) is 14.0 Å². The van der Waals surface area contributed by atoms with Gasteiger partial charge >= 0.3 is 11.9 Å². The first kappa shape index (κ1) is 24.8. The predicted octanol–water partition coefficient (Wildman–Crippen LogP) is -2.16. The maximum absolute atomic E-state index is 12.2.